The van der Waals surface area contributed by atoms with Crippen LogP contribution in [0.5, 0.6) is 5.75 Å². The standard InChI is InChI=1S/C25H35NO3S/c1-14(2)11-16-13-24(4,5)20-15(3)22(30-21(20)25(16,6)7)26-17-9-10-18(23(27)28)19(12-17)29-8/h9-10,12,14,16,26H,11,13H2,1-8H3,(H,27,28). The molecule has 2 N–H and O–H groups in total. The summed E-state index contributed by atoms with van der Waals surface area (Å²) in [6.45, 7) is 16.4. The fourth-order valence-electron chi connectivity index (χ4n) is 5.08. The lowest BCUT2D eigenvalue weighted by molar-refractivity contribution is 0.0693. The maximum atomic E-state index is 11.4. The molecule has 1 unspecified atom stereocenters. The highest BCUT2D eigenvalue weighted by molar-refractivity contribution is 7.16. The van der Waals surface area contributed by atoms with E-state index in [1.807, 2.05) is 17.4 Å². The number of methoxy groups -OCH3 is 1. The average molecular weight is 430 g/mol. The Morgan fingerprint density at radius 1 is 1.30 bits per heavy atom. The molecule has 1 aromatic heterocycles. The summed E-state index contributed by atoms with van der Waals surface area (Å²) in [6, 6.07) is 5.17. The van der Waals surface area contributed by atoms with Crippen LogP contribution in [0.1, 0.15) is 80.7 Å². The van der Waals surface area contributed by atoms with Crippen LogP contribution in [0.3, 0.4) is 0 Å². The Labute approximate surface area is 184 Å². The second-order valence-corrected chi connectivity index (χ2v) is 11.3. The van der Waals surface area contributed by atoms with Crippen LogP contribution >= 0.6 is 11.3 Å². The number of carbonyl (C=O) groups is 1. The van der Waals surface area contributed by atoms with Crippen LogP contribution in [0.15, 0.2) is 18.2 Å². The zero-order chi connectivity index (χ0) is 22.4. The van der Waals surface area contributed by atoms with Gasteiger partial charge in [0.25, 0.3) is 0 Å². The van der Waals surface area contributed by atoms with E-state index in [4.69, 9.17) is 4.74 Å². The van der Waals surface area contributed by atoms with Gasteiger partial charge >= 0.3 is 5.97 Å². The fourth-order valence-corrected chi connectivity index (χ4v) is 6.67. The third-order valence-electron chi connectivity index (χ3n) is 6.63. The van der Waals surface area contributed by atoms with E-state index in [2.05, 4.69) is 53.8 Å². The van der Waals surface area contributed by atoms with Gasteiger partial charge in [-0.2, -0.15) is 0 Å². The van der Waals surface area contributed by atoms with E-state index >= 15 is 0 Å². The number of hydrogen-bond acceptors (Lipinski definition) is 4. The minimum Gasteiger partial charge on any atom is -0.496 e. The van der Waals surface area contributed by atoms with Crippen molar-refractivity contribution in [2.24, 2.45) is 11.8 Å². The van der Waals surface area contributed by atoms with Gasteiger partial charge < -0.3 is 15.2 Å². The molecule has 0 spiro atoms. The molecule has 30 heavy (non-hydrogen) atoms. The lowest BCUT2D eigenvalue weighted by atomic mass is 9.58. The number of aromatic carboxylic acids is 1. The molecule has 0 amide bonds. The molecule has 0 saturated heterocycles. The van der Waals surface area contributed by atoms with Crippen LogP contribution in [0, 0.1) is 18.8 Å². The summed E-state index contributed by atoms with van der Waals surface area (Å²) in [4.78, 5) is 12.9. The van der Waals surface area contributed by atoms with Gasteiger partial charge in [-0.25, -0.2) is 4.79 Å². The van der Waals surface area contributed by atoms with Gasteiger partial charge in [-0.3, -0.25) is 0 Å². The normalized spacial score (nSPS) is 19.4. The number of thiophene rings is 1. The number of carboxylic acids is 1. The van der Waals surface area contributed by atoms with E-state index in [1.54, 1.807) is 12.1 Å². The van der Waals surface area contributed by atoms with Gasteiger partial charge in [0, 0.05) is 22.0 Å². The SMILES string of the molecule is COc1cc(Nc2sc3c(c2C)C(C)(C)CC(CC(C)C)C3(C)C)ccc1C(=O)O. The zero-order valence-electron chi connectivity index (χ0n) is 19.5. The molecular weight excluding hydrogens is 394 g/mol. The molecule has 1 aliphatic rings. The molecule has 164 valence electrons. The molecule has 1 aromatic carbocycles. The Bertz CT molecular complexity index is 956. The topological polar surface area (TPSA) is 58.6 Å². The molecule has 0 bridgehead atoms. The predicted molar refractivity (Wildman–Crippen MR) is 126 cm³/mol. The average Bonchev–Trinajstić information content (AvgIpc) is 2.97. The summed E-state index contributed by atoms with van der Waals surface area (Å²) in [5.41, 5.74) is 4.06. The summed E-state index contributed by atoms with van der Waals surface area (Å²) < 4.78 is 5.30. The van der Waals surface area contributed by atoms with Gasteiger partial charge in [0.15, 0.2) is 0 Å². The van der Waals surface area contributed by atoms with E-state index in [0.717, 1.165) is 10.7 Å². The van der Waals surface area contributed by atoms with Crippen molar-refractivity contribution in [2.75, 3.05) is 12.4 Å². The van der Waals surface area contributed by atoms with Crippen LogP contribution in [0.25, 0.3) is 0 Å². The van der Waals surface area contributed by atoms with Crippen molar-refractivity contribution in [1.29, 1.82) is 0 Å². The van der Waals surface area contributed by atoms with E-state index in [9.17, 15) is 9.90 Å². The quantitative estimate of drug-likeness (QED) is 0.513. The van der Waals surface area contributed by atoms with Gasteiger partial charge in [0.2, 0.25) is 0 Å². The molecule has 2 aromatic rings. The Morgan fingerprint density at radius 2 is 1.97 bits per heavy atom. The molecule has 0 aliphatic heterocycles. The van der Waals surface area contributed by atoms with Gasteiger partial charge in [-0.05, 0) is 60.3 Å². The first kappa shape index (κ1) is 22.7. The van der Waals surface area contributed by atoms with Gasteiger partial charge in [0.05, 0.1) is 12.1 Å². The Hall–Kier alpha value is -2.01. The third-order valence-corrected chi connectivity index (χ3v) is 8.18. The first-order chi connectivity index (χ1) is 13.9. The molecule has 0 saturated carbocycles. The Kier molecular flexibility index (Phi) is 5.98. The van der Waals surface area contributed by atoms with Crippen molar-refractivity contribution in [1.82, 2.24) is 0 Å². The maximum Gasteiger partial charge on any atom is 0.339 e. The number of carboxylic acid groups (broad SMARTS) is 1. The molecule has 1 aliphatic carbocycles. The molecular formula is C25H35NO3S. The molecule has 5 heteroatoms. The third kappa shape index (κ3) is 3.96. The molecule has 0 radical (unpaired) electrons. The Morgan fingerprint density at radius 3 is 2.53 bits per heavy atom. The number of ether oxygens (including phenoxy) is 1. The largest absolute Gasteiger partial charge is 0.496 e. The number of fused-ring (bicyclic) bond motifs is 1. The summed E-state index contributed by atoms with van der Waals surface area (Å²) in [5.74, 6) is 0.719. The van der Waals surface area contributed by atoms with Crippen LogP contribution in [0.2, 0.25) is 0 Å². The number of rotatable bonds is 6. The van der Waals surface area contributed by atoms with E-state index in [-0.39, 0.29) is 16.4 Å². The van der Waals surface area contributed by atoms with E-state index in [1.165, 1.54) is 36.0 Å². The number of benzene rings is 1. The highest BCUT2D eigenvalue weighted by Gasteiger charge is 2.46. The van der Waals surface area contributed by atoms with Gasteiger partial charge in [-0.15, -0.1) is 11.3 Å². The number of anilines is 2. The summed E-state index contributed by atoms with van der Waals surface area (Å²) in [7, 11) is 1.50. The van der Waals surface area contributed by atoms with Crippen molar-refractivity contribution >= 4 is 28.0 Å². The number of nitrogens with one attached hydrogen (secondary N) is 1. The first-order valence-electron chi connectivity index (χ1n) is 10.7. The minimum absolute atomic E-state index is 0.134. The molecule has 4 nitrogen and oxygen atoms in total. The summed E-state index contributed by atoms with van der Waals surface area (Å²) in [5, 5.41) is 14.0. The van der Waals surface area contributed by atoms with Crippen LogP contribution in [0.4, 0.5) is 10.7 Å². The van der Waals surface area contributed by atoms with Crippen molar-refractivity contribution in [3.8, 4) is 5.75 Å². The van der Waals surface area contributed by atoms with Crippen molar-refractivity contribution in [3.63, 3.8) is 0 Å². The highest BCUT2D eigenvalue weighted by Crippen LogP contribution is 2.56. The Balaban J connectivity index is 2.03. The smallest absolute Gasteiger partial charge is 0.339 e. The molecule has 1 heterocycles. The summed E-state index contributed by atoms with van der Waals surface area (Å²) in [6.07, 6.45) is 2.44. The van der Waals surface area contributed by atoms with E-state index in [0.29, 0.717) is 17.6 Å². The van der Waals surface area contributed by atoms with Crippen molar-refractivity contribution in [2.45, 2.75) is 72.1 Å². The second-order valence-electron chi connectivity index (χ2n) is 10.2. The van der Waals surface area contributed by atoms with E-state index < -0.39 is 5.97 Å². The monoisotopic (exact) mass is 429 g/mol. The maximum absolute atomic E-state index is 11.4. The van der Waals surface area contributed by atoms with Crippen LogP contribution in [-0.4, -0.2) is 18.2 Å². The minimum atomic E-state index is -0.985. The van der Waals surface area contributed by atoms with Gasteiger partial charge in [-0.1, -0.05) is 41.5 Å². The second kappa shape index (κ2) is 7.92. The highest BCUT2D eigenvalue weighted by atomic mass is 32.1. The first-order valence-corrected chi connectivity index (χ1v) is 11.5. The number of hydrogen-bond donors (Lipinski definition) is 2. The van der Waals surface area contributed by atoms with Gasteiger partial charge in [0.1, 0.15) is 11.3 Å². The molecule has 3 rings (SSSR count). The molecule has 1 atom stereocenters. The fraction of sp³-hybridized carbons (Fsp3) is 0.560. The lowest BCUT2D eigenvalue weighted by Gasteiger charge is -2.47. The summed E-state index contributed by atoms with van der Waals surface area (Å²) >= 11 is 1.85. The molecule has 0 fully saturated rings. The van der Waals surface area contributed by atoms with Crippen molar-refractivity contribution < 1.29 is 14.6 Å². The van der Waals surface area contributed by atoms with Crippen LogP contribution < -0.4 is 10.1 Å². The lowest BCUT2D eigenvalue weighted by Crippen LogP contribution is -2.41. The predicted octanol–water partition coefficient (Wildman–Crippen LogP) is 7.13. The zero-order valence-corrected chi connectivity index (χ0v) is 20.3. The van der Waals surface area contributed by atoms with Crippen LogP contribution in [-0.2, 0) is 10.8 Å². The van der Waals surface area contributed by atoms with Crippen molar-refractivity contribution in [3.05, 3.63) is 39.8 Å².